The molecular weight excluding hydrogens is 264 g/mol. The summed E-state index contributed by atoms with van der Waals surface area (Å²) < 4.78 is 0. The largest absolute Gasteiger partial charge is 0.332 e. The predicted molar refractivity (Wildman–Crippen MR) is 80.4 cm³/mol. The van der Waals surface area contributed by atoms with E-state index in [9.17, 15) is 9.59 Å². The van der Waals surface area contributed by atoms with Gasteiger partial charge in [-0.1, -0.05) is 43.2 Å². The minimum Gasteiger partial charge on any atom is -0.332 e. The van der Waals surface area contributed by atoms with Crippen molar-refractivity contribution in [2.75, 3.05) is 19.6 Å². The Hall–Kier alpha value is -1.84. The Morgan fingerprint density at radius 3 is 2.24 bits per heavy atom. The fourth-order valence-electron chi connectivity index (χ4n) is 3.32. The normalized spacial score (nSPS) is 20.4. The summed E-state index contributed by atoms with van der Waals surface area (Å²) in [5.41, 5.74) is 1.07. The highest BCUT2D eigenvalue weighted by Gasteiger charge is 2.31. The number of amides is 2. The van der Waals surface area contributed by atoms with E-state index in [2.05, 4.69) is 0 Å². The van der Waals surface area contributed by atoms with Crippen LogP contribution in [0.1, 0.15) is 31.2 Å². The van der Waals surface area contributed by atoms with Crippen molar-refractivity contribution in [3.63, 3.8) is 0 Å². The Balaban J connectivity index is 1.58. The summed E-state index contributed by atoms with van der Waals surface area (Å²) in [6.07, 6.45) is 4.93. The molecule has 1 aromatic carbocycles. The molecule has 0 radical (unpaired) electrons. The molecule has 1 heterocycles. The van der Waals surface area contributed by atoms with E-state index in [1.54, 1.807) is 9.80 Å². The van der Waals surface area contributed by atoms with Gasteiger partial charge in [-0.25, -0.2) is 0 Å². The van der Waals surface area contributed by atoms with Gasteiger partial charge in [0.1, 0.15) is 6.54 Å². The molecule has 0 aromatic heterocycles. The topological polar surface area (TPSA) is 40.6 Å². The maximum atomic E-state index is 12.3. The summed E-state index contributed by atoms with van der Waals surface area (Å²) in [4.78, 5) is 28.0. The highest BCUT2D eigenvalue weighted by Crippen LogP contribution is 2.26. The van der Waals surface area contributed by atoms with Crippen molar-refractivity contribution < 1.29 is 9.59 Å². The average molecular weight is 286 g/mol. The molecule has 2 amide bonds. The van der Waals surface area contributed by atoms with Crippen LogP contribution in [0.3, 0.4) is 0 Å². The van der Waals surface area contributed by atoms with E-state index in [1.807, 2.05) is 30.3 Å². The van der Waals surface area contributed by atoms with Crippen molar-refractivity contribution >= 4 is 11.8 Å². The minimum absolute atomic E-state index is 0.0662. The lowest BCUT2D eigenvalue weighted by Crippen LogP contribution is -2.54. The fourth-order valence-corrected chi connectivity index (χ4v) is 3.32. The second-order valence-electron chi connectivity index (χ2n) is 6.16. The van der Waals surface area contributed by atoms with Gasteiger partial charge in [0.05, 0.1) is 6.54 Å². The number of benzene rings is 1. The van der Waals surface area contributed by atoms with Crippen LogP contribution in [0.15, 0.2) is 30.3 Å². The van der Waals surface area contributed by atoms with Gasteiger partial charge in [0.25, 0.3) is 0 Å². The number of rotatable bonds is 4. The quantitative estimate of drug-likeness (QED) is 0.850. The molecule has 1 aliphatic carbocycles. The van der Waals surface area contributed by atoms with Gasteiger partial charge in [-0.3, -0.25) is 9.59 Å². The van der Waals surface area contributed by atoms with Crippen LogP contribution >= 0.6 is 0 Å². The first-order valence-electron chi connectivity index (χ1n) is 7.82. The van der Waals surface area contributed by atoms with E-state index in [4.69, 9.17) is 0 Å². The van der Waals surface area contributed by atoms with Crippen LogP contribution in [-0.4, -0.2) is 41.2 Å². The molecular formula is C17H22N2O2. The maximum absolute atomic E-state index is 12.3. The number of piperazine rings is 1. The molecule has 0 unspecified atom stereocenters. The first-order valence-corrected chi connectivity index (χ1v) is 7.82. The molecule has 2 fully saturated rings. The Morgan fingerprint density at radius 2 is 1.52 bits per heavy atom. The third-order valence-electron chi connectivity index (χ3n) is 4.53. The molecule has 1 saturated heterocycles. The molecule has 2 aliphatic rings. The summed E-state index contributed by atoms with van der Waals surface area (Å²) in [6.45, 7) is 1.77. The van der Waals surface area contributed by atoms with Gasteiger partial charge >= 0.3 is 0 Å². The van der Waals surface area contributed by atoms with E-state index < -0.39 is 0 Å². The molecule has 0 spiro atoms. The molecule has 112 valence electrons. The van der Waals surface area contributed by atoms with Gasteiger partial charge in [-0.2, -0.15) is 0 Å². The van der Waals surface area contributed by atoms with Crippen LogP contribution in [0.2, 0.25) is 0 Å². The smallest absolute Gasteiger partial charge is 0.242 e. The Kier molecular flexibility index (Phi) is 4.23. The average Bonchev–Trinajstić information content (AvgIpc) is 2.98. The number of hydrogen-bond donors (Lipinski definition) is 0. The summed E-state index contributed by atoms with van der Waals surface area (Å²) in [6, 6.07) is 9.84. The van der Waals surface area contributed by atoms with E-state index in [0.717, 1.165) is 12.1 Å². The molecule has 1 aromatic rings. The summed E-state index contributed by atoms with van der Waals surface area (Å²) in [5, 5.41) is 0. The lowest BCUT2D eigenvalue weighted by Gasteiger charge is -2.35. The molecule has 4 nitrogen and oxygen atoms in total. The minimum atomic E-state index is 0.0662. The SMILES string of the molecule is O=C1CN(CC2CCCC2)C(=O)CN1Cc1ccccc1. The van der Waals surface area contributed by atoms with Crippen LogP contribution < -0.4 is 0 Å². The van der Waals surface area contributed by atoms with Crippen molar-refractivity contribution in [1.29, 1.82) is 0 Å². The summed E-state index contributed by atoms with van der Waals surface area (Å²) in [5.74, 6) is 0.760. The van der Waals surface area contributed by atoms with Crippen LogP contribution in [0.4, 0.5) is 0 Å². The van der Waals surface area contributed by atoms with Crippen molar-refractivity contribution in [3.8, 4) is 0 Å². The fraction of sp³-hybridized carbons (Fsp3) is 0.529. The van der Waals surface area contributed by atoms with Gasteiger partial charge < -0.3 is 9.80 Å². The van der Waals surface area contributed by atoms with Gasteiger partial charge in [-0.15, -0.1) is 0 Å². The molecule has 1 aliphatic heterocycles. The monoisotopic (exact) mass is 286 g/mol. The number of nitrogens with zero attached hydrogens (tertiary/aromatic N) is 2. The lowest BCUT2D eigenvalue weighted by molar-refractivity contribution is -0.151. The lowest BCUT2D eigenvalue weighted by atomic mass is 10.1. The van der Waals surface area contributed by atoms with Crippen LogP contribution in [0.5, 0.6) is 0 Å². The maximum Gasteiger partial charge on any atom is 0.242 e. The molecule has 1 saturated carbocycles. The molecule has 3 rings (SSSR count). The van der Waals surface area contributed by atoms with Crippen LogP contribution in [0, 0.1) is 5.92 Å². The number of hydrogen-bond acceptors (Lipinski definition) is 2. The van der Waals surface area contributed by atoms with Crippen molar-refractivity contribution in [1.82, 2.24) is 9.80 Å². The highest BCUT2D eigenvalue weighted by molar-refractivity contribution is 5.92. The third-order valence-corrected chi connectivity index (χ3v) is 4.53. The molecule has 0 bridgehead atoms. The second-order valence-corrected chi connectivity index (χ2v) is 6.16. The number of carbonyl (C=O) groups excluding carboxylic acids is 2. The zero-order chi connectivity index (χ0) is 14.7. The van der Waals surface area contributed by atoms with Crippen molar-refractivity contribution in [2.45, 2.75) is 32.2 Å². The van der Waals surface area contributed by atoms with Gasteiger partial charge in [0.15, 0.2) is 0 Å². The Labute approximate surface area is 125 Å². The van der Waals surface area contributed by atoms with E-state index in [-0.39, 0.29) is 24.9 Å². The van der Waals surface area contributed by atoms with E-state index >= 15 is 0 Å². The third kappa shape index (κ3) is 3.43. The summed E-state index contributed by atoms with van der Waals surface area (Å²) >= 11 is 0. The zero-order valence-corrected chi connectivity index (χ0v) is 12.3. The van der Waals surface area contributed by atoms with Gasteiger partial charge in [0.2, 0.25) is 11.8 Å². The van der Waals surface area contributed by atoms with E-state index in [0.29, 0.717) is 12.5 Å². The first-order chi connectivity index (χ1) is 10.2. The highest BCUT2D eigenvalue weighted by atomic mass is 16.2. The van der Waals surface area contributed by atoms with E-state index in [1.165, 1.54) is 25.7 Å². The molecule has 4 heteroatoms. The standard InChI is InChI=1S/C17H22N2O2/c20-16-13-19(11-15-8-4-5-9-15)17(21)12-18(16)10-14-6-2-1-3-7-14/h1-3,6-7,15H,4-5,8-13H2. The molecule has 21 heavy (non-hydrogen) atoms. The second kappa shape index (κ2) is 6.29. The first kappa shape index (κ1) is 14.1. The van der Waals surface area contributed by atoms with Gasteiger partial charge in [0, 0.05) is 13.1 Å². The number of carbonyl (C=O) groups is 2. The Bertz CT molecular complexity index is 509. The summed E-state index contributed by atoms with van der Waals surface area (Å²) in [7, 11) is 0. The molecule has 0 N–H and O–H groups in total. The van der Waals surface area contributed by atoms with Gasteiger partial charge in [-0.05, 0) is 24.3 Å². The van der Waals surface area contributed by atoms with Crippen LogP contribution in [-0.2, 0) is 16.1 Å². The molecule has 0 atom stereocenters. The predicted octanol–water partition coefficient (Wildman–Crippen LogP) is 2.05. The zero-order valence-electron chi connectivity index (χ0n) is 12.3. The Morgan fingerprint density at radius 1 is 0.905 bits per heavy atom. The van der Waals surface area contributed by atoms with Crippen molar-refractivity contribution in [2.24, 2.45) is 5.92 Å². The van der Waals surface area contributed by atoms with Crippen LogP contribution in [0.25, 0.3) is 0 Å². The van der Waals surface area contributed by atoms with Crippen molar-refractivity contribution in [3.05, 3.63) is 35.9 Å².